The van der Waals surface area contributed by atoms with Gasteiger partial charge in [0.1, 0.15) is 17.3 Å². The van der Waals surface area contributed by atoms with Crippen LogP contribution in [0.3, 0.4) is 0 Å². The Bertz CT molecular complexity index is 1100. The summed E-state index contributed by atoms with van der Waals surface area (Å²) < 4.78 is 11.5. The van der Waals surface area contributed by atoms with Crippen LogP contribution >= 0.6 is 0 Å². The first kappa shape index (κ1) is 23.8. The lowest BCUT2D eigenvalue weighted by molar-refractivity contribution is -0.140. The molecule has 180 valence electrons. The molecule has 2 aromatic rings. The minimum absolute atomic E-state index is 0.0314. The zero-order valence-corrected chi connectivity index (χ0v) is 19.8. The average Bonchev–Trinajstić information content (AvgIpc) is 3.41. The van der Waals surface area contributed by atoms with Crippen LogP contribution in [-0.4, -0.2) is 52.7 Å². The summed E-state index contributed by atoms with van der Waals surface area (Å²) in [6.07, 6.45) is 1.56. The second-order valence-corrected chi connectivity index (χ2v) is 9.36. The Morgan fingerprint density at radius 3 is 2.53 bits per heavy atom. The minimum atomic E-state index is -0.776. The first-order chi connectivity index (χ1) is 16.3. The van der Waals surface area contributed by atoms with Crippen molar-refractivity contribution in [2.45, 2.75) is 45.8 Å². The molecule has 0 saturated carbocycles. The van der Waals surface area contributed by atoms with Crippen LogP contribution in [0.15, 0.2) is 48.0 Å². The highest BCUT2D eigenvalue weighted by Gasteiger charge is 2.47. The van der Waals surface area contributed by atoms with Crippen molar-refractivity contribution in [3.05, 3.63) is 64.7 Å². The van der Waals surface area contributed by atoms with Gasteiger partial charge in [-0.3, -0.25) is 9.59 Å². The molecule has 7 nitrogen and oxygen atoms in total. The number of Topliss-reactive ketones (excluding diaryl/α,β-unsaturated/α-hetero) is 1. The van der Waals surface area contributed by atoms with Crippen molar-refractivity contribution in [3.63, 3.8) is 0 Å². The second-order valence-electron chi connectivity index (χ2n) is 9.36. The highest BCUT2D eigenvalue weighted by molar-refractivity contribution is 6.46. The van der Waals surface area contributed by atoms with E-state index in [2.05, 4.69) is 13.8 Å². The Morgan fingerprint density at radius 1 is 1.18 bits per heavy atom. The van der Waals surface area contributed by atoms with Crippen molar-refractivity contribution in [2.24, 2.45) is 5.92 Å². The highest BCUT2D eigenvalue weighted by atomic mass is 16.5. The van der Waals surface area contributed by atoms with Crippen LogP contribution in [0, 0.1) is 12.8 Å². The van der Waals surface area contributed by atoms with E-state index in [1.165, 1.54) is 17.0 Å². The van der Waals surface area contributed by atoms with E-state index in [1.54, 1.807) is 30.3 Å². The number of aryl methyl sites for hydroxylation is 1. The number of ether oxygens (including phenoxy) is 2. The van der Waals surface area contributed by atoms with Crippen molar-refractivity contribution < 1.29 is 29.3 Å². The first-order valence-electron chi connectivity index (χ1n) is 11.7. The Kier molecular flexibility index (Phi) is 6.93. The predicted molar refractivity (Wildman–Crippen MR) is 128 cm³/mol. The number of phenolic OH excluding ortho intramolecular Hbond substituents is 1. The molecule has 0 aromatic heterocycles. The molecule has 2 aromatic carbocycles. The number of nitrogens with zero attached hydrogens (tertiary/aromatic N) is 1. The molecule has 2 heterocycles. The average molecular weight is 466 g/mol. The van der Waals surface area contributed by atoms with Gasteiger partial charge in [0.25, 0.3) is 11.7 Å². The van der Waals surface area contributed by atoms with Crippen LogP contribution in [-0.2, 0) is 14.3 Å². The number of hydrogen-bond donors (Lipinski definition) is 2. The number of likely N-dealkylation sites (tertiary alicyclic amines) is 1. The van der Waals surface area contributed by atoms with Crippen molar-refractivity contribution in [1.29, 1.82) is 0 Å². The maximum Gasteiger partial charge on any atom is 0.295 e. The third kappa shape index (κ3) is 4.80. The second kappa shape index (κ2) is 9.89. The molecule has 2 aliphatic rings. The lowest BCUT2D eigenvalue weighted by atomic mass is 9.94. The fraction of sp³-hybridized carbons (Fsp3) is 0.407. The van der Waals surface area contributed by atoms with Gasteiger partial charge in [0.15, 0.2) is 0 Å². The van der Waals surface area contributed by atoms with Crippen molar-refractivity contribution in [3.8, 4) is 11.5 Å². The molecule has 2 fully saturated rings. The van der Waals surface area contributed by atoms with Gasteiger partial charge in [0, 0.05) is 18.7 Å². The number of rotatable bonds is 7. The molecule has 2 aliphatic heterocycles. The number of aliphatic hydroxyl groups excluding tert-OH is 1. The van der Waals surface area contributed by atoms with Crippen LogP contribution < -0.4 is 4.74 Å². The Hall–Kier alpha value is -3.32. The topological polar surface area (TPSA) is 96.3 Å². The SMILES string of the molecule is Cc1cc(/C(O)=C2/C(=O)C(=O)N(CC3CCCO3)C2c2ccc(O)cc2)ccc1OCC(C)C. The van der Waals surface area contributed by atoms with Crippen molar-refractivity contribution in [1.82, 2.24) is 4.90 Å². The van der Waals surface area contributed by atoms with E-state index in [-0.39, 0.29) is 29.7 Å². The zero-order valence-electron chi connectivity index (χ0n) is 19.8. The molecular formula is C27H31NO6. The molecule has 0 bridgehead atoms. The van der Waals surface area contributed by atoms with Gasteiger partial charge < -0.3 is 24.6 Å². The molecular weight excluding hydrogens is 434 g/mol. The fourth-order valence-electron chi connectivity index (χ4n) is 4.45. The van der Waals surface area contributed by atoms with Gasteiger partial charge in [-0.2, -0.15) is 0 Å². The third-order valence-corrected chi connectivity index (χ3v) is 6.19. The van der Waals surface area contributed by atoms with E-state index in [1.807, 2.05) is 6.92 Å². The fourth-order valence-corrected chi connectivity index (χ4v) is 4.45. The summed E-state index contributed by atoms with van der Waals surface area (Å²) in [4.78, 5) is 27.7. The number of amides is 1. The summed E-state index contributed by atoms with van der Waals surface area (Å²) in [7, 11) is 0. The molecule has 2 unspecified atom stereocenters. The van der Waals surface area contributed by atoms with E-state index in [4.69, 9.17) is 9.47 Å². The highest BCUT2D eigenvalue weighted by Crippen LogP contribution is 2.40. The lowest BCUT2D eigenvalue weighted by Gasteiger charge is -2.27. The molecule has 2 saturated heterocycles. The third-order valence-electron chi connectivity index (χ3n) is 6.19. The number of aliphatic hydroxyl groups is 1. The smallest absolute Gasteiger partial charge is 0.295 e. The van der Waals surface area contributed by atoms with Gasteiger partial charge in [-0.15, -0.1) is 0 Å². The van der Waals surface area contributed by atoms with E-state index in [9.17, 15) is 19.8 Å². The first-order valence-corrected chi connectivity index (χ1v) is 11.7. The van der Waals surface area contributed by atoms with Crippen molar-refractivity contribution in [2.75, 3.05) is 19.8 Å². The van der Waals surface area contributed by atoms with E-state index >= 15 is 0 Å². The summed E-state index contributed by atoms with van der Waals surface area (Å²) in [6, 6.07) is 10.8. The van der Waals surface area contributed by atoms with Crippen LogP contribution in [0.2, 0.25) is 0 Å². The lowest BCUT2D eigenvalue weighted by Crippen LogP contribution is -2.36. The van der Waals surface area contributed by atoms with Crippen LogP contribution in [0.4, 0.5) is 0 Å². The summed E-state index contributed by atoms with van der Waals surface area (Å²) in [5, 5.41) is 21.0. The maximum atomic E-state index is 13.2. The quantitative estimate of drug-likeness (QED) is 0.359. The van der Waals surface area contributed by atoms with E-state index < -0.39 is 17.7 Å². The van der Waals surface area contributed by atoms with Crippen LogP contribution in [0.25, 0.3) is 5.76 Å². The van der Waals surface area contributed by atoms with Gasteiger partial charge in [-0.05, 0) is 67.1 Å². The number of hydrogen-bond acceptors (Lipinski definition) is 6. The van der Waals surface area contributed by atoms with E-state index in [0.29, 0.717) is 36.0 Å². The predicted octanol–water partition coefficient (Wildman–Crippen LogP) is 4.34. The largest absolute Gasteiger partial charge is 0.508 e. The zero-order chi connectivity index (χ0) is 24.4. The maximum absolute atomic E-state index is 13.2. The molecule has 2 atom stereocenters. The summed E-state index contributed by atoms with van der Waals surface area (Å²) in [5.41, 5.74) is 1.92. The number of carbonyl (C=O) groups excluding carboxylic acids is 2. The van der Waals surface area contributed by atoms with Gasteiger partial charge >= 0.3 is 0 Å². The number of aromatic hydroxyl groups is 1. The standard InChI is InChI=1S/C27H31NO6/c1-16(2)15-34-22-11-8-19(13-17(22)3)25(30)23-24(18-6-9-20(29)10-7-18)28(27(32)26(23)31)14-21-5-4-12-33-21/h6-11,13,16,21,24,29-30H,4-5,12,14-15H2,1-3H3/b25-23-. The molecule has 7 heteroatoms. The summed E-state index contributed by atoms with van der Waals surface area (Å²) in [6.45, 7) is 7.46. The number of ketones is 1. The van der Waals surface area contributed by atoms with E-state index in [0.717, 1.165) is 18.4 Å². The van der Waals surface area contributed by atoms with Gasteiger partial charge in [0.05, 0.1) is 24.3 Å². The Labute approximate surface area is 199 Å². The molecule has 34 heavy (non-hydrogen) atoms. The monoisotopic (exact) mass is 465 g/mol. The summed E-state index contributed by atoms with van der Waals surface area (Å²) in [5.74, 6) is -0.468. The molecule has 0 spiro atoms. The van der Waals surface area contributed by atoms with Crippen LogP contribution in [0.1, 0.15) is 49.4 Å². The molecule has 0 radical (unpaired) electrons. The number of carbonyl (C=O) groups is 2. The normalized spacial score (nSPS) is 22.1. The Morgan fingerprint density at radius 2 is 1.91 bits per heavy atom. The van der Waals surface area contributed by atoms with Crippen molar-refractivity contribution >= 4 is 17.4 Å². The molecule has 2 N–H and O–H groups in total. The van der Waals surface area contributed by atoms with Gasteiger partial charge in [-0.25, -0.2) is 0 Å². The number of benzene rings is 2. The number of phenols is 1. The molecule has 0 aliphatic carbocycles. The minimum Gasteiger partial charge on any atom is -0.508 e. The Balaban J connectivity index is 1.75. The van der Waals surface area contributed by atoms with Crippen LogP contribution in [0.5, 0.6) is 11.5 Å². The van der Waals surface area contributed by atoms with Gasteiger partial charge in [0.2, 0.25) is 0 Å². The summed E-state index contributed by atoms with van der Waals surface area (Å²) >= 11 is 0. The van der Waals surface area contributed by atoms with Gasteiger partial charge in [-0.1, -0.05) is 26.0 Å². The molecule has 4 rings (SSSR count). The molecule has 1 amide bonds.